The molecule has 0 saturated carbocycles. The largest absolute Gasteiger partial charge is 0.355 e. The quantitative estimate of drug-likeness (QED) is 0.708. The van der Waals surface area contributed by atoms with Crippen LogP contribution in [0.3, 0.4) is 0 Å². The van der Waals surface area contributed by atoms with Gasteiger partial charge in [-0.3, -0.25) is 4.99 Å². The Labute approximate surface area is 136 Å². The number of nitrogens with one attached hydrogen (secondary N) is 1. The number of hydrogen-bond acceptors (Lipinski definition) is 2. The SMILES string of the molecule is CC1(C)C2=C3C(=Nc4ccccc43)CC=C2Nc2ccccc21. The van der Waals surface area contributed by atoms with E-state index in [1.807, 2.05) is 0 Å². The van der Waals surface area contributed by atoms with Gasteiger partial charge in [0, 0.05) is 34.4 Å². The Hall–Kier alpha value is -2.61. The lowest BCUT2D eigenvalue weighted by molar-refractivity contribution is 0.624. The van der Waals surface area contributed by atoms with Gasteiger partial charge in [-0.1, -0.05) is 56.3 Å². The molecule has 2 aromatic rings. The topological polar surface area (TPSA) is 24.4 Å². The number of nitrogens with zero attached hydrogens (tertiary/aromatic N) is 1. The second-order valence-corrected chi connectivity index (χ2v) is 6.94. The van der Waals surface area contributed by atoms with Crippen LogP contribution in [0.1, 0.15) is 31.4 Å². The van der Waals surface area contributed by atoms with Crippen LogP contribution in [0.25, 0.3) is 5.57 Å². The van der Waals surface area contributed by atoms with E-state index in [0.717, 1.165) is 12.1 Å². The molecule has 0 unspecified atom stereocenters. The maximum Gasteiger partial charge on any atom is 0.0712 e. The van der Waals surface area contributed by atoms with E-state index in [2.05, 4.69) is 73.8 Å². The predicted molar refractivity (Wildman–Crippen MR) is 96.2 cm³/mol. The Morgan fingerprint density at radius 3 is 2.70 bits per heavy atom. The lowest BCUT2D eigenvalue weighted by Crippen LogP contribution is -2.33. The van der Waals surface area contributed by atoms with Crippen molar-refractivity contribution in [1.29, 1.82) is 0 Å². The van der Waals surface area contributed by atoms with Crippen molar-refractivity contribution in [3.8, 4) is 0 Å². The first-order valence-electron chi connectivity index (χ1n) is 8.15. The Morgan fingerprint density at radius 2 is 1.78 bits per heavy atom. The van der Waals surface area contributed by atoms with Crippen molar-refractivity contribution in [3.05, 3.63) is 77.0 Å². The van der Waals surface area contributed by atoms with Crippen LogP contribution < -0.4 is 5.32 Å². The van der Waals surface area contributed by atoms with Crippen LogP contribution in [0.2, 0.25) is 0 Å². The molecule has 23 heavy (non-hydrogen) atoms. The Balaban J connectivity index is 1.85. The van der Waals surface area contributed by atoms with E-state index < -0.39 is 0 Å². The number of fused-ring (bicyclic) bond motifs is 5. The minimum absolute atomic E-state index is 0.0400. The lowest BCUT2D eigenvalue weighted by Gasteiger charge is -2.40. The van der Waals surface area contributed by atoms with Gasteiger partial charge >= 0.3 is 0 Å². The van der Waals surface area contributed by atoms with Crippen molar-refractivity contribution in [1.82, 2.24) is 0 Å². The summed E-state index contributed by atoms with van der Waals surface area (Å²) in [6.45, 7) is 4.65. The molecule has 0 aromatic heterocycles. The number of benzene rings is 2. The van der Waals surface area contributed by atoms with Gasteiger partial charge in [0.2, 0.25) is 0 Å². The highest BCUT2D eigenvalue weighted by atomic mass is 14.9. The fourth-order valence-corrected chi connectivity index (χ4v) is 4.18. The van der Waals surface area contributed by atoms with Crippen LogP contribution in [-0.4, -0.2) is 5.71 Å². The van der Waals surface area contributed by atoms with Crippen molar-refractivity contribution in [2.45, 2.75) is 25.7 Å². The summed E-state index contributed by atoms with van der Waals surface area (Å²) < 4.78 is 0. The first-order chi connectivity index (χ1) is 11.2. The van der Waals surface area contributed by atoms with Crippen molar-refractivity contribution >= 4 is 22.7 Å². The van der Waals surface area contributed by atoms with Crippen LogP contribution in [0, 0.1) is 0 Å². The summed E-state index contributed by atoms with van der Waals surface area (Å²) in [5, 5.41) is 3.65. The van der Waals surface area contributed by atoms with E-state index in [0.29, 0.717) is 0 Å². The van der Waals surface area contributed by atoms with Crippen molar-refractivity contribution < 1.29 is 0 Å². The second-order valence-electron chi connectivity index (χ2n) is 6.94. The average molecular weight is 298 g/mol. The molecular formula is C21H18N2. The molecule has 5 rings (SSSR count). The normalized spacial score (nSPS) is 19.7. The van der Waals surface area contributed by atoms with Crippen molar-refractivity contribution in [2.24, 2.45) is 4.99 Å². The highest BCUT2D eigenvalue weighted by molar-refractivity contribution is 6.32. The maximum absolute atomic E-state index is 4.87. The number of anilines is 1. The first-order valence-corrected chi connectivity index (χ1v) is 8.15. The summed E-state index contributed by atoms with van der Waals surface area (Å²) in [5.74, 6) is 0. The summed E-state index contributed by atoms with van der Waals surface area (Å²) in [6, 6.07) is 17.1. The van der Waals surface area contributed by atoms with E-state index in [-0.39, 0.29) is 5.41 Å². The maximum atomic E-state index is 4.87. The van der Waals surface area contributed by atoms with Gasteiger partial charge in [-0.15, -0.1) is 0 Å². The summed E-state index contributed by atoms with van der Waals surface area (Å²) >= 11 is 0. The van der Waals surface area contributed by atoms with Gasteiger partial charge in [0.1, 0.15) is 0 Å². The molecular weight excluding hydrogens is 280 g/mol. The Bertz CT molecular complexity index is 942. The zero-order valence-corrected chi connectivity index (χ0v) is 13.4. The molecule has 0 fully saturated rings. The zero-order valence-electron chi connectivity index (χ0n) is 13.4. The highest BCUT2D eigenvalue weighted by Gasteiger charge is 2.40. The number of rotatable bonds is 0. The third kappa shape index (κ3) is 1.61. The molecule has 3 aliphatic rings. The number of hydrogen-bond donors (Lipinski definition) is 1. The molecule has 2 aliphatic heterocycles. The van der Waals surface area contributed by atoms with E-state index in [9.17, 15) is 0 Å². The van der Waals surface area contributed by atoms with Gasteiger partial charge in [0.15, 0.2) is 0 Å². The molecule has 112 valence electrons. The lowest BCUT2D eigenvalue weighted by atomic mass is 9.68. The van der Waals surface area contributed by atoms with Gasteiger partial charge in [-0.05, 0) is 23.3 Å². The molecule has 0 bridgehead atoms. The summed E-state index contributed by atoms with van der Waals surface area (Å²) in [7, 11) is 0. The molecule has 1 aliphatic carbocycles. The average Bonchev–Trinajstić information content (AvgIpc) is 2.93. The van der Waals surface area contributed by atoms with E-state index in [1.54, 1.807) is 0 Å². The van der Waals surface area contributed by atoms with Gasteiger partial charge in [-0.25, -0.2) is 0 Å². The van der Waals surface area contributed by atoms with E-state index >= 15 is 0 Å². The molecule has 1 N–H and O–H groups in total. The summed E-state index contributed by atoms with van der Waals surface area (Å²) in [4.78, 5) is 4.87. The molecule has 2 heterocycles. The monoisotopic (exact) mass is 298 g/mol. The van der Waals surface area contributed by atoms with E-state index in [1.165, 1.54) is 39.4 Å². The zero-order chi connectivity index (χ0) is 15.6. The van der Waals surface area contributed by atoms with Crippen LogP contribution >= 0.6 is 0 Å². The third-order valence-electron chi connectivity index (χ3n) is 5.23. The number of para-hydroxylation sites is 2. The van der Waals surface area contributed by atoms with Crippen LogP contribution in [0.4, 0.5) is 11.4 Å². The molecule has 2 aromatic carbocycles. The minimum Gasteiger partial charge on any atom is -0.355 e. The Kier molecular flexibility index (Phi) is 2.37. The Morgan fingerprint density at radius 1 is 1.00 bits per heavy atom. The van der Waals surface area contributed by atoms with Gasteiger partial charge in [-0.2, -0.15) is 0 Å². The van der Waals surface area contributed by atoms with Gasteiger partial charge in [0.25, 0.3) is 0 Å². The van der Waals surface area contributed by atoms with Crippen molar-refractivity contribution in [2.75, 3.05) is 5.32 Å². The predicted octanol–water partition coefficient (Wildman–Crippen LogP) is 5.22. The summed E-state index contributed by atoms with van der Waals surface area (Å²) in [6.07, 6.45) is 3.19. The third-order valence-corrected chi connectivity index (χ3v) is 5.23. The molecule has 0 saturated heterocycles. The highest BCUT2D eigenvalue weighted by Crippen LogP contribution is 2.52. The molecule has 0 radical (unpaired) electrons. The van der Waals surface area contributed by atoms with Gasteiger partial charge in [0.05, 0.1) is 11.4 Å². The molecule has 2 heteroatoms. The smallest absolute Gasteiger partial charge is 0.0712 e. The van der Waals surface area contributed by atoms with Crippen LogP contribution in [-0.2, 0) is 5.41 Å². The standard InChI is InChI=1S/C21H18N2/c1-21(2)14-8-4-6-10-16(14)23-18-12-11-17-19(20(18)21)13-7-3-5-9-15(13)22-17/h3-10,12,23H,11H2,1-2H3. The fraction of sp³-hybridized carbons (Fsp3) is 0.190. The summed E-state index contributed by atoms with van der Waals surface area (Å²) in [5.41, 5.74) is 10.1. The van der Waals surface area contributed by atoms with Crippen LogP contribution in [0.5, 0.6) is 0 Å². The molecule has 0 amide bonds. The number of aliphatic imine (C=N–C) groups is 1. The van der Waals surface area contributed by atoms with E-state index in [4.69, 9.17) is 4.99 Å². The first kappa shape index (κ1) is 12.9. The molecule has 2 nitrogen and oxygen atoms in total. The van der Waals surface area contributed by atoms with Gasteiger partial charge < -0.3 is 5.32 Å². The number of allylic oxidation sites excluding steroid dienone is 3. The van der Waals surface area contributed by atoms with Crippen LogP contribution in [0.15, 0.2) is 70.9 Å². The minimum atomic E-state index is -0.0400. The second kappa shape index (κ2) is 4.23. The molecule has 0 spiro atoms. The molecule has 0 atom stereocenters. The fourth-order valence-electron chi connectivity index (χ4n) is 4.18. The van der Waals surface area contributed by atoms with Crippen molar-refractivity contribution in [3.63, 3.8) is 0 Å².